The number of ether oxygens (including phenoxy) is 1. The first kappa shape index (κ1) is 17.0. The molecule has 0 atom stereocenters. The molecule has 130 valence electrons. The molecule has 3 aromatic rings. The van der Waals surface area contributed by atoms with E-state index in [0.29, 0.717) is 24.4 Å². The number of benzene rings is 2. The number of nitrogens with zero attached hydrogens (tertiary/aromatic N) is 2. The van der Waals surface area contributed by atoms with Crippen LogP contribution in [0.5, 0.6) is 5.75 Å². The molecule has 0 bridgehead atoms. The molecule has 0 amide bonds. The van der Waals surface area contributed by atoms with Gasteiger partial charge in [-0.3, -0.25) is 5.32 Å². The predicted molar refractivity (Wildman–Crippen MR) is 101 cm³/mol. The molecule has 1 heterocycles. The van der Waals surface area contributed by atoms with Crippen molar-refractivity contribution < 1.29 is 9.42 Å². The molecule has 0 saturated heterocycles. The van der Waals surface area contributed by atoms with Crippen molar-refractivity contribution in [3.63, 3.8) is 0 Å². The van der Waals surface area contributed by atoms with Crippen LogP contribution in [0.1, 0.15) is 5.56 Å². The highest BCUT2D eigenvalue weighted by atomic mass is 32.1. The normalized spacial score (nSPS) is 10.4. The molecule has 6 nitrogen and oxygen atoms in total. The molecular weight excluding hydrogens is 334 g/mol. The van der Waals surface area contributed by atoms with Crippen LogP contribution in [0.2, 0.25) is 0 Å². The third-order valence-electron chi connectivity index (χ3n) is 3.69. The van der Waals surface area contributed by atoms with Gasteiger partial charge in [0.2, 0.25) is 0 Å². The van der Waals surface area contributed by atoms with E-state index >= 15 is 0 Å². The molecule has 3 N–H and O–H groups in total. The summed E-state index contributed by atoms with van der Waals surface area (Å²) in [4.78, 5) is 3.13. The minimum Gasteiger partial charge on any atom is -0.682 e. The lowest BCUT2D eigenvalue weighted by Gasteiger charge is -2.20. The number of methoxy groups -OCH3 is 1. The predicted octanol–water partition coefficient (Wildman–Crippen LogP) is 3.53. The number of aromatic nitrogens is 3. The lowest BCUT2D eigenvalue weighted by Crippen LogP contribution is -2.39. The first-order valence-corrected chi connectivity index (χ1v) is 8.47. The van der Waals surface area contributed by atoms with Crippen LogP contribution in [-0.2, 0) is 6.54 Å². The number of aromatic amines is 2. The SMILES string of the molecule is COc1ccc([N-]CCNc2[nH]c(=S)[nH][n+]2Cc2ccccc2)cc1. The average Bonchev–Trinajstić information content (AvgIpc) is 2.99. The Balaban J connectivity index is 1.53. The van der Waals surface area contributed by atoms with Crippen molar-refractivity contribution in [2.45, 2.75) is 6.54 Å². The molecule has 0 saturated carbocycles. The van der Waals surface area contributed by atoms with Gasteiger partial charge in [-0.25, -0.2) is 10.1 Å². The monoisotopic (exact) mass is 355 g/mol. The van der Waals surface area contributed by atoms with Gasteiger partial charge in [-0.15, -0.1) is 5.69 Å². The number of nitrogens with one attached hydrogen (secondary N) is 3. The van der Waals surface area contributed by atoms with E-state index in [1.807, 2.05) is 47.1 Å². The minimum atomic E-state index is 0.588. The highest BCUT2D eigenvalue weighted by molar-refractivity contribution is 7.71. The van der Waals surface area contributed by atoms with E-state index in [-0.39, 0.29) is 0 Å². The first-order chi connectivity index (χ1) is 12.2. The lowest BCUT2D eigenvalue weighted by atomic mass is 10.2. The van der Waals surface area contributed by atoms with Gasteiger partial charge in [0.15, 0.2) is 0 Å². The van der Waals surface area contributed by atoms with E-state index < -0.39 is 0 Å². The second kappa shape index (κ2) is 8.34. The van der Waals surface area contributed by atoms with Crippen LogP contribution in [0, 0.1) is 4.77 Å². The summed E-state index contributed by atoms with van der Waals surface area (Å²) in [6, 6.07) is 17.9. The second-order valence-corrected chi connectivity index (χ2v) is 5.90. The fourth-order valence-corrected chi connectivity index (χ4v) is 2.66. The molecule has 0 spiro atoms. The van der Waals surface area contributed by atoms with Crippen molar-refractivity contribution in [3.8, 4) is 5.75 Å². The molecule has 1 aromatic heterocycles. The second-order valence-electron chi connectivity index (χ2n) is 5.49. The summed E-state index contributed by atoms with van der Waals surface area (Å²) < 4.78 is 7.69. The van der Waals surface area contributed by atoms with Gasteiger partial charge in [0.05, 0.1) is 7.11 Å². The van der Waals surface area contributed by atoms with Crippen LogP contribution < -0.4 is 14.7 Å². The van der Waals surface area contributed by atoms with E-state index in [9.17, 15) is 0 Å². The van der Waals surface area contributed by atoms with Crippen molar-refractivity contribution in [3.05, 3.63) is 70.2 Å². The van der Waals surface area contributed by atoms with Gasteiger partial charge in [-0.1, -0.05) is 49.0 Å². The Bertz CT molecular complexity index is 842. The molecule has 0 aliphatic carbocycles. The fraction of sp³-hybridized carbons (Fsp3) is 0.222. The van der Waals surface area contributed by atoms with Crippen molar-refractivity contribution in [2.24, 2.45) is 0 Å². The third-order valence-corrected chi connectivity index (χ3v) is 3.89. The zero-order valence-electron chi connectivity index (χ0n) is 14.0. The Kier molecular flexibility index (Phi) is 5.69. The van der Waals surface area contributed by atoms with Crippen molar-refractivity contribution in [1.29, 1.82) is 0 Å². The van der Waals surface area contributed by atoms with Crippen LogP contribution in [0.4, 0.5) is 11.6 Å². The number of hydrogen-bond donors (Lipinski definition) is 3. The zero-order chi connectivity index (χ0) is 17.5. The third kappa shape index (κ3) is 4.84. The lowest BCUT2D eigenvalue weighted by molar-refractivity contribution is -0.730. The van der Waals surface area contributed by atoms with E-state index in [1.165, 1.54) is 5.56 Å². The molecule has 3 rings (SSSR count). The Hall–Kier alpha value is -2.80. The van der Waals surface area contributed by atoms with Gasteiger partial charge in [-0.2, -0.15) is 4.68 Å². The molecule has 0 fully saturated rings. The van der Waals surface area contributed by atoms with E-state index in [2.05, 4.69) is 32.8 Å². The van der Waals surface area contributed by atoms with Gasteiger partial charge in [0, 0.05) is 6.54 Å². The Morgan fingerprint density at radius 1 is 1.12 bits per heavy atom. The minimum absolute atomic E-state index is 0.588. The largest absolute Gasteiger partial charge is 0.682 e. The topological polar surface area (TPSA) is 70.8 Å². The maximum Gasteiger partial charge on any atom is 0.375 e. The van der Waals surface area contributed by atoms with Gasteiger partial charge in [-0.05, 0) is 29.9 Å². The summed E-state index contributed by atoms with van der Waals surface area (Å²) in [7, 11) is 1.65. The van der Waals surface area contributed by atoms with Crippen molar-refractivity contribution >= 4 is 23.9 Å². The standard InChI is InChI=1S/C18H20N5OS/c1-24-16-9-7-15(8-10-16)19-11-12-20-17-21-18(25)22-23(17)13-14-5-3-2-4-6-14/h2-10H,11-13H2,1H3,(H2,20,21,22,25)/q-1/p+1. The fourth-order valence-electron chi connectivity index (χ4n) is 2.45. The summed E-state index contributed by atoms with van der Waals surface area (Å²) in [5, 5.41) is 11.0. The Morgan fingerprint density at radius 2 is 1.88 bits per heavy atom. The highest BCUT2D eigenvalue weighted by Gasteiger charge is 2.10. The van der Waals surface area contributed by atoms with E-state index in [4.69, 9.17) is 17.0 Å². The van der Waals surface area contributed by atoms with Gasteiger partial charge in [0.25, 0.3) is 4.77 Å². The molecule has 2 aromatic carbocycles. The molecule has 7 heteroatoms. The van der Waals surface area contributed by atoms with Crippen molar-refractivity contribution in [2.75, 3.05) is 25.5 Å². The van der Waals surface area contributed by atoms with E-state index in [0.717, 1.165) is 17.4 Å². The summed E-state index contributed by atoms with van der Waals surface area (Å²) in [6.07, 6.45) is 0. The smallest absolute Gasteiger partial charge is 0.375 e. The first-order valence-electron chi connectivity index (χ1n) is 8.06. The van der Waals surface area contributed by atoms with Crippen LogP contribution in [0.25, 0.3) is 5.32 Å². The zero-order valence-corrected chi connectivity index (χ0v) is 14.8. The van der Waals surface area contributed by atoms with Crippen LogP contribution in [-0.4, -0.2) is 30.3 Å². The summed E-state index contributed by atoms with van der Waals surface area (Å²) in [5.74, 6) is 1.68. The van der Waals surface area contributed by atoms with Crippen LogP contribution in [0.3, 0.4) is 0 Å². The quantitative estimate of drug-likeness (QED) is 0.329. The maximum absolute atomic E-state index is 5.21. The van der Waals surface area contributed by atoms with Crippen LogP contribution in [0.15, 0.2) is 54.6 Å². The van der Waals surface area contributed by atoms with Crippen LogP contribution >= 0.6 is 12.2 Å². The van der Waals surface area contributed by atoms with Gasteiger partial charge >= 0.3 is 5.95 Å². The highest BCUT2D eigenvalue weighted by Crippen LogP contribution is 2.21. The number of rotatable bonds is 8. The van der Waals surface area contributed by atoms with Crippen molar-refractivity contribution in [1.82, 2.24) is 10.1 Å². The molecule has 0 radical (unpaired) electrons. The number of hydrogen-bond acceptors (Lipinski definition) is 3. The summed E-state index contributed by atoms with van der Waals surface area (Å²) in [6.45, 7) is 2.07. The van der Waals surface area contributed by atoms with Gasteiger partial charge < -0.3 is 10.1 Å². The summed E-state index contributed by atoms with van der Waals surface area (Å²) >= 11 is 5.21. The number of H-pyrrole nitrogens is 2. The Morgan fingerprint density at radius 3 is 2.60 bits per heavy atom. The molecule has 0 aliphatic heterocycles. The average molecular weight is 355 g/mol. The van der Waals surface area contributed by atoms with E-state index in [1.54, 1.807) is 7.11 Å². The summed E-state index contributed by atoms with van der Waals surface area (Å²) in [5.41, 5.74) is 2.13. The Labute approximate surface area is 151 Å². The molecule has 25 heavy (non-hydrogen) atoms. The molecule has 0 unspecified atom stereocenters. The number of anilines is 1. The maximum atomic E-state index is 5.21. The van der Waals surface area contributed by atoms with Gasteiger partial charge in [0.1, 0.15) is 12.3 Å². The molecular formula is C18H21N5OS. The molecule has 0 aliphatic rings.